The first-order chi connectivity index (χ1) is 13.9. The van der Waals surface area contributed by atoms with Gasteiger partial charge in [0.1, 0.15) is 0 Å². The van der Waals surface area contributed by atoms with Crippen molar-refractivity contribution in [1.82, 2.24) is 0 Å². The molecule has 29 heavy (non-hydrogen) atoms. The number of hydrogen-bond donors (Lipinski definition) is 1. The normalized spacial score (nSPS) is 11.3. The number of nitro benzene ring substituents is 1. The van der Waals surface area contributed by atoms with E-state index in [9.17, 15) is 20.2 Å². The van der Waals surface area contributed by atoms with Gasteiger partial charge in [0.2, 0.25) is 0 Å². The third-order valence-electron chi connectivity index (χ3n) is 4.49. The van der Waals surface area contributed by atoms with Gasteiger partial charge < -0.3 is 5.32 Å². The molecule has 7 heteroatoms. The minimum atomic E-state index is -0.522. The summed E-state index contributed by atoms with van der Waals surface area (Å²) in [6.45, 7) is 1.58. The van der Waals surface area contributed by atoms with Crippen LogP contribution < -0.4 is 5.32 Å². The molecular formula is C22H16ClN3O3. The number of carbonyl (C=O) groups excluding carboxylic acids is 1. The Labute approximate surface area is 172 Å². The summed E-state index contributed by atoms with van der Waals surface area (Å²) in [4.78, 5) is 22.9. The summed E-state index contributed by atoms with van der Waals surface area (Å²) in [6.07, 6.45) is 0. The standard InChI is InChI=1S/C22H16ClN3O3/c1-14-11-16(7-10-21(14)26(28)29)22(27)25-17-8-9-18(20(23)12-17)19(13-24)15-5-3-2-4-6-15/h2-12,19H,1H3,(H,25,27). The molecule has 3 aromatic carbocycles. The Morgan fingerprint density at radius 2 is 1.86 bits per heavy atom. The van der Waals surface area contributed by atoms with E-state index in [1.807, 2.05) is 30.3 Å². The molecule has 0 saturated heterocycles. The first kappa shape index (κ1) is 20.1. The molecule has 0 fully saturated rings. The Balaban J connectivity index is 1.82. The zero-order chi connectivity index (χ0) is 21.0. The molecular weight excluding hydrogens is 390 g/mol. The van der Waals surface area contributed by atoms with Gasteiger partial charge in [-0.2, -0.15) is 5.26 Å². The highest BCUT2D eigenvalue weighted by Gasteiger charge is 2.18. The second kappa shape index (κ2) is 8.55. The summed E-state index contributed by atoms with van der Waals surface area (Å²) in [5.41, 5.74) is 2.59. The minimum Gasteiger partial charge on any atom is -0.322 e. The van der Waals surface area contributed by atoms with Crippen molar-refractivity contribution in [2.24, 2.45) is 0 Å². The number of carbonyl (C=O) groups is 1. The molecule has 0 aromatic heterocycles. The minimum absolute atomic E-state index is 0.0441. The van der Waals surface area contributed by atoms with Crippen LogP contribution in [0.15, 0.2) is 66.7 Å². The number of halogens is 1. The van der Waals surface area contributed by atoms with Crippen molar-refractivity contribution >= 4 is 28.9 Å². The summed E-state index contributed by atoms with van der Waals surface area (Å²) < 4.78 is 0. The van der Waals surface area contributed by atoms with Gasteiger partial charge in [-0.1, -0.05) is 48.0 Å². The van der Waals surface area contributed by atoms with Crippen LogP contribution in [0.25, 0.3) is 0 Å². The molecule has 0 aliphatic heterocycles. The summed E-state index contributed by atoms with van der Waals surface area (Å²) in [6, 6.07) is 20.7. The van der Waals surface area contributed by atoms with Gasteiger partial charge in [0.15, 0.2) is 0 Å². The number of aryl methyl sites for hydroxylation is 1. The molecule has 0 spiro atoms. The second-order valence-electron chi connectivity index (χ2n) is 6.42. The third-order valence-corrected chi connectivity index (χ3v) is 4.81. The fourth-order valence-corrected chi connectivity index (χ4v) is 3.30. The van der Waals surface area contributed by atoms with E-state index in [4.69, 9.17) is 11.6 Å². The maximum Gasteiger partial charge on any atom is 0.272 e. The predicted molar refractivity (Wildman–Crippen MR) is 111 cm³/mol. The zero-order valence-corrected chi connectivity index (χ0v) is 16.2. The van der Waals surface area contributed by atoms with Crippen LogP contribution in [0.2, 0.25) is 5.02 Å². The van der Waals surface area contributed by atoms with Gasteiger partial charge in [-0.05, 0) is 42.3 Å². The number of nitrogens with one attached hydrogen (secondary N) is 1. The van der Waals surface area contributed by atoms with Crippen LogP contribution in [0.1, 0.15) is 33.0 Å². The number of rotatable bonds is 5. The number of nitriles is 1. The van der Waals surface area contributed by atoms with Gasteiger partial charge in [-0.3, -0.25) is 14.9 Å². The van der Waals surface area contributed by atoms with Crippen molar-refractivity contribution in [3.8, 4) is 6.07 Å². The number of amides is 1. The molecule has 1 atom stereocenters. The number of anilines is 1. The highest BCUT2D eigenvalue weighted by Crippen LogP contribution is 2.32. The second-order valence-corrected chi connectivity index (χ2v) is 6.83. The number of hydrogen-bond acceptors (Lipinski definition) is 4. The molecule has 3 rings (SSSR count). The molecule has 0 heterocycles. The van der Waals surface area contributed by atoms with Gasteiger partial charge in [0.05, 0.1) is 16.9 Å². The molecule has 0 radical (unpaired) electrons. The van der Waals surface area contributed by atoms with Crippen molar-refractivity contribution in [1.29, 1.82) is 5.26 Å². The van der Waals surface area contributed by atoms with Crippen LogP contribution in [0.5, 0.6) is 0 Å². The largest absolute Gasteiger partial charge is 0.322 e. The Morgan fingerprint density at radius 3 is 2.45 bits per heavy atom. The molecule has 1 N–H and O–H groups in total. The maximum absolute atomic E-state index is 12.5. The lowest BCUT2D eigenvalue weighted by Crippen LogP contribution is -2.12. The number of benzene rings is 3. The molecule has 0 aliphatic carbocycles. The molecule has 1 unspecified atom stereocenters. The molecule has 3 aromatic rings. The summed E-state index contributed by atoms with van der Waals surface area (Å²) in [7, 11) is 0. The van der Waals surface area contributed by atoms with Crippen LogP contribution in [0.4, 0.5) is 11.4 Å². The predicted octanol–water partition coefficient (Wildman–Crippen LogP) is 5.46. The van der Waals surface area contributed by atoms with E-state index < -0.39 is 16.7 Å². The van der Waals surface area contributed by atoms with Crippen LogP contribution >= 0.6 is 11.6 Å². The van der Waals surface area contributed by atoms with Crippen LogP contribution in [-0.2, 0) is 0 Å². The van der Waals surface area contributed by atoms with Gasteiger partial charge in [0, 0.05) is 27.9 Å². The summed E-state index contributed by atoms with van der Waals surface area (Å²) in [5.74, 6) is -0.933. The van der Waals surface area contributed by atoms with Crippen molar-refractivity contribution in [2.45, 2.75) is 12.8 Å². The fourth-order valence-electron chi connectivity index (χ4n) is 3.01. The summed E-state index contributed by atoms with van der Waals surface area (Å²) in [5, 5.41) is 23.6. The van der Waals surface area contributed by atoms with E-state index >= 15 is 0 Å². The Bertz CT molecular complexity index is 1120. The van der Waals surface area contributed by atoms with E-state index in [1.165, 1.54) is 18.2 Å². The molecule has 0 bridgehead atoms. The topological polar surface area (TPSA) is 96.0 Å². The Kier molecular flexibility index (Phi) is 5.91. The number of nitrogens with zero attached hydrogens (tertiary/aromatic N) is 2. The van der Waals surface area contributed by atoms with E-state index in [0.717, 1.165) is 5.56 Å². The molecule has 6 nitrogen and oxygen atoms in total. The lowest BCUT2D eigenvalue weighted by atomic mass is 9.92. The monoisotopic (exact) mass is 405 g/mol. The van der Waals surface area contributed by atoms with E-state index in [2.05, 4.69) is 11.4 Å². The molecule has 144 valence electrons. The van der Waals surface area contributed by atoms with Crippen molar-refractivity contribution in [3.63, 3.8) is 0 Å². The van der Waals surface area contributed by atoms with Crippen LogP contribution in [0.3, 0.4) is 0 Å². The molecule has 0 aliphatic rings. The van der Waals surface area contributed by atoms with Gasteiger partial charge >= 0.3 is 0 Å². The highest BCUT2D eigenvalue weighted by molar-refractivity contribution is 6.32. The third kappa shape index (κ3) is 4.42. The average Bonchev–Trinajstić information content (AvgIpc) is 2.70. The first-order valence-electron chi connectivity index (χ1n) is 8.71. The molecule has 0 saturated carbocycles. The Hall–Kier alpha value is -3.69. The SMILES string of the molecule is Cc1cc(C(=O)Nc2ccc(C(C#N)c3ccccc3)c(Cl)c2)ccc1[N+](=O)[O-]. The number of nitro groups is 1. The summed E-state index contributed by atoms with van der Waals surface area (Å²) >= 11 is 6.39. The van der Waals surface area contributed by atoms with Crippen LogP contribution in [0, 0.1) is 28.4 Å². The molecule has 1 amide bonds. The van der Waals surface area contributed by atoms with Crippen molar-refractivity contribution < 1.29 is 9.72 Å². The lowest BCUT2D eigenvalue weighted by molar-refractivity contribution is -0.385. The average molecular weight is 406 g/mol. The van der Waals surface area contributed by atoms with E-state index in [0.29, 0.717) is 27.4 Å². The fraction of sp³-hybridized carbons (Fsp3) is 0.0909. The van der Waals surface area contributed by atoms with E-state index in [-0.39, 0.29) is 5.69 Å². The van der Waals surface area contributed by atoms with Gasteiger partial charge in [-0.15, -0.1) is 0 Å². The van der Waals surface area contributed by atoms with E-state index in [1.54, 1.807) is 25.1 Å². The zero-order valence-electron chi connectivity index (χ0n) is 15.4. The van der Waals surface area contributed by atoms with Crippen molar-refractivity contribution in [3.05, 3.63) is 104 Å². The maximum atomic E-state index is 12.5. The lowest BCUT2D eigenvalue weighted by Gasteiger charge is -2.13. The quantitative estimate of drug-likeness (QED) is 0.450. The van der Waals surface area contributed by atoms with Crippen LogP contribution in [-0.4, -0.2) is 10.8 Å². The Morgan fingerprint density at radius 1 is 1.14 bits per heavy atom. The van der Waals surface area contributed by atoms with Gasteiger partial charge in [-0.25, -0.2) is 0 Å². The first-order valence-corrected chi connectivity index (χ1v) is 9.09. The van der Waals surface area contributed by atoms with Crippen molar-refractivity contribution in [2.75, 3.05) is 5.32 Å². The van der Waals surface area contributed by atoms with Gasteiger partial charge in [0.25, 0.3) is 11.6 Å². The highest BCUT2D eigenvalue weighted by atomic mass is 35.5. The smallest absolute Gasteiger partial charge is 0.272 e.